The van der Waals surface area contributed by atoms with E-state index < -0.39 is 6.61 Å². The lowest BCUT2D eigenvalue weighted by Gasteiger charge is -2.22. The van der Waals surface area contributed by atoms with Gasteiger partial charge in [-0.15, -0.1) is 0 Å². The quantitative estimate of drug-likeness (QED) is 0.649. The van der Waals surface area contributed by atoms with Crippen LogP contribution in [-0.2, 0) is 20.1 Å². The average molecular weight is 337 g/mol. The second-order valence-electron chi connectivity index (χ2n) is 5.30. The standard InChI is InChI=1S/C16H21F2N5O/c1-19-16(20-8-13-9-21-23(3)11-13)22(2)10-12-4-6-14(7-5-12)24-15(17)18/h4-7,9,11,15H,8,10H2,1-3H3,(H,19,20). The number of hydrogen-bond acceptors (Lipinski definition) is 3. The molecule has 0 saturated heterocycles. The largest absolute Gasteiger partial charge is 0.435 e. The summed E-state index contributed by atoms with van der Waals surface area (Å²) in [5.74, 6) is 0.877. The zero-order chi connectivity index (χ0) is 17.5. The van der Waals surface area contributed by atoms with Crippen LogP contribution in [0, 0.1) is 0 Å². The number of benzene rings is 1. The number of nitrogens with zero attached hydrogens (tertiary/aromatic N) is 4. The van der Waals surface area contributed by atoms with Crippen molar-refractivity contribution in [2.24, 2.45) is 12.0 Å². The van der Waals surface area contributed by atoms with Gasteiger partial charge in [0.15, 0.2) is 5.96 Å². The summed E-state index contributed by atoms with van der Waals surface area (Å²) in [5.41, 5.74) is 2.02. The Morgan fingerprint density at radius 2 is 2.04 bits per heavy atom. The third kappa shape index (κ3) is 5.22. The van der Waals surface area contributed by atoms with Crippen molar-refractivity contribution in [3.63, 3.8) is 0 Å². The van der Waals surface area contributed by atoms with Gasteiger partial charge in [-0.25, -0.2) is 0 Å². The number of aromatic nitrogens is 2. The highest BCUT2D eigenvalue weighted by atomic mass is 19.3. The number of aryl methyl sites for hydroxylation is 1. The highest BCUT2D eigenvalue weighted by Crippen LogP contribution is 2.15. The van der Waals surface area contributed by atoms with Gasteiger partial charge in [0.05, 0.1) is 6.20 Å². The van der Waals surface area contributed by atoms with Crippen LogP contribution in [0.2, 0.25) is 0 Å². The van der Waals surface area contributed by atoms with Crippen LogP contribution in [0.25, 0.3) is 0 Å². The van der Waals surface area contributed by atoms with Crippen molar-refractivity contribution >= 4 is 5.96 Å². The van der Waals surface area contributed by atoms with Gasteiger partial charge in [0.25, 0.3) is 0 Å². The zero-order valence-electron chi connectivity index (χ0n) is 13.9. The molecular weight excluding hydrogens is 316 g/mol. The van der Waals surface area contributed by atoms with Gasteiger partial charge in [-0.1, -0.05) is 12.1 Å². The first-order valence-corrected chi connectivity index (χ1v) is 7.41. The molecule has 0 aliphatic heterocycles. The topological polar surface area (TPSA) is 54.7 Å². The molecule has 1 heterocycles. The Kier molecular flexibility index (Phi) is 6.11. The summed E-state index contributed by atoms with van der Waals surface area (Å²) in [6.07, 6.45) is 3.73. The van der Waals surface area contributed by atoms with Crippen molar-refractivity contribution in [2.75, 3.05) is 14.1 Å². The van der Waals surface area contributed by atoms with Crippen LogP contribution in [-0.4, -0.2) is 41.3 Å². The van der Waals surface area contributed by atoms with E-state index in [0.717, 1.165) is 17.1 Å². The molecule has 0 aliphatic rings. The number of nitrogens with one attached hydrogen (secondary N) is 1. The van der Waals surface area contributed by atoms with Crippen molar-refractivity contribution < 1.29 is 13.5 Å². The van der Waals surface area contributed by atoms with Crippen LogP contribution in [0.3, 0.4) is 0 Å². The first-order chi connectivity index (χ1) is 11.5. The summed E-state index contributed by atoms with van der Waals surface area (Å²) in [7, 11) is 5.48. The molecule has 130 valence electrons. The van der Waals surface area contributed by atoms with Crippen LogP contribution in [0.15, 0.2) is 41.7 Å². The van der Waals surface area contributed by atoms with Gasteiger partial charge < -0.3 is 15.0 Å². The van der Waals surface area contributed by atoms with E-state index in [-0.39, 0.29) is 5.75 Å². The van der Waals surface area contributed by atoms with Gasteiger partial charge in [0.1, 0.15) is 5.75 Å². The molecule has 0 fully saturated rings. The Bertz CT molecular complexity index is 669. The molecule has 0 unspecified atom stereocenters. The molecule has 0 radical (unpaired) electrons. The number of halogens is 2. The molecule has 24 heavy (non-hydrogen) atoms. The van der Waals surface area contributed by atoms with Gasteiger partial charge in [-0.05, 0) is 17.7 Å². The predicted molar refractivity (Wildman–Crippen MR) is 87.9 cm³/mol. The maximum Gasteiger partial charge on any atom is 0.387 e. The molecule has 0 saturated carbocycles. The maximum atomic E-state index is 12.1. The number of guanidine groups is 1. The van der Waals surface area contributed by atoms with E-state index in [1.54, 1.807) is 30.1 Å². The fourth-order valence-corrected chi connectivity index (χ4v) is 2.25. The van der Waals surface area contributed by atoms with E-state index in [2.05, 4.69) is 20.1 Å². The second-order valence-corrected chi connectivity index (χ2v) is 5.30. The lowest BCUT2D eigenvalue weighted by molar-refractivity contribution is -0.0498. The average Bonchev–Trinajstić information content (AvgIpc) is 2.95. The Balaban J connectivity index is 1.90. The summed E-state index contributed by atoms with van der Waals surface area (Å²) < 4.78 is 30.4. The van der Waals surface area contributed by atoms with E-state index in [1.807, 2.05) is 25.2 Å². The molecule has 0 spiro atoms. The molecule has 6 nitrogen and oxygen atoms in total. The highest BCUT2D eigenvalue weighted by Gasteiger charge is 2.08. The first kappa shape index (κ1) is 17.7. The Hall–Kier alpha value is -2.64. The van der Waals surface area contributed by atoms with Crippen molar-refractivity contribution in [1.29, 1.82) is 0 Å². The lowest BCUT2D eigenvalue weighted by atomic mass is 10.2. The van der Waals surface area contributed by atoms with Gasteiger partial charge in [0, 0.05) is 46.0 Å². The number of rotatable bonds is 6. The van der Waals surface area contributed by atoms with Gasteiger partial charge in [-0.3, -0.25) is 9.67 Å². The Labute approximate surface area is 139 Å². The minimum absolute atomic E-state index is 0.149. The van der Waals surface area contributed by atoms with Gasteiger partial charge in [-0.2, -0.15) is 13.9 Å². The Morgan fingerprint density at radius 1 is 1.33 bits per heavy atom. The zero-order valence-corrected chi connectivity index (χ0v) is 13.9. The Morgan fingerprint density at radius 3 is 2.58 bits per heavy atom. The van der Waals surface area contributed by atoms with E-state index in [1.165, 1.54) is 12.1 Å². The molecular formula is C16H21F2N5O. The molecule has 1 aromatic carbocycles. The molecule has 8 heteroatoms. The van der Waals surface area contributed by atoms with Crippen LogP contribution < -0.4 is 10.1 Å². The third-order valence-electron chi connectivity index (χ3n) is 3.35. The lowest BCUT2D eigenvalue weighted by Crippen LogP contribution is -2.37. The van der Waals surface area contributed by atoms with Gasteiger partial charge in [0.2, 0.25) is 0 Å². The minimum Gasteiger partial charge on any atom is -0.435 e. The SMILES string of the molecule is CN=C(NCc1cnn(C)c1)N(C)Cc1ccc(OC(F)F)cc1. The van der Waals surface area contributed by atoms with Crippen molar-refractivity contribution in [3.05, 3.63) is 47.8 Å². The summed E-state index contributed by atoms with van der Waals surface area (Å²) in [6, 6.07) is 6.56. The molecule has 0 atom stereocenters. The monoisotopic (exact) mass is 337 g/mol. The predicted octanol–water partition coefficient (Wildman–Crippen LogP) is 2.23. The normalized spacial score (nSPS) is 11.7. The fourth-order valence-electron chi connectivity index (χ4n) is 2.25. The summed E-state index contributed by atoms with van der Waals surface area (Å²) in [5, 5.41) is 7.37. The number of ether oxygens (including phenoxy) is 1. The van der Waals surface area contributed by atoms with Crippen molar-refractivity contribution in [2.45, 2.75) is 19.7 Å². The molecule has 1 N–H and O–H groups in total. The summed E-state index contributed by atoms with van der Waals surface area (Å²) >= 11 is 0. The van der Waals surface area contributed by atoms with E-state index in [4.69, 9.17) is 0 Å². The fraction of sp³-hybridized carbons (Fsp3) is 0.375. The smallest absolute Gasteiger partial charge is 0.387 e. The van der Waals surface area contributed by atoms with E-state index in [9.17, 15) is 8.78 Å². The van der Waals surface area contributed by atoms with Gasteiger partial charge >= 0.3 is 6.61 Å². The molecule has 2 aromatic rings. The van der Waals surface area contributed by atoms with Crippen LogP contribution in [0.5, 0.6) is 5.75 Å². The summed E-state index contributed by atoms with van der Waals surface area (Å²) in [4.78, 5) is 6.19. The number of alkyl halides is 2. The molecule has 0 aliphatic carbocycles. The molecule has 0 amide bonds. The molecule has 2 rings (SSSR count). The van der Waals surface area contributed by atoms with Crippen LogP contribution in [0.1, 0.15) is 11.1 Å². The van der Waals surface area contributed by atoms with E-state index in [0.29, 0.717) is 13.1 Å². The minimum atomic E-state index is -2.81. The maximum absolute atomic E-state index is 12.1. The van der Waals surface area contributed by atoms with Crippen LogP contribution >= 0.6 is 0 Å². The van der Waals surface area contributed by atoms with E-state index >= 15 is 0 Å². The van der Waals surface area contributed by atoms with Crippen molar-refractivity contribution in [3.8, 4) is 5.75 Å². The van der Waals surface area contributed by atoms with Crippen LogP contribution in [0.4, 0.5) is 8.78 Å². The summed E-state index contributed by atoms with van der Waals surface area (Å²) in [6.45, 7) is -1.61. The number of hydrogen-bond donors (Lipinski definition) is 1. The third-order valence-corrected chi connectivity index (χ3v) is 3.35. The van der Waals surface area contributed by atoms with Crippen molar-refractivity contribution in [1.82, 2.24) is 20.0 Å². The highest BCUT2D eigenvalue weighted by molar-refractivity contribution is 5.79. The second kappa shape index (κ2) is 8.28. The number of aliphatic imine (C=N–C) groups is 1. The first-order valence-electron chi connectivity index (χ1n) is 7.41. The molecule has 1 aromatic heterocycles. The molecule has 0 bridgehead atoms.